The topological polar surface area (TPSA) is 38.7 Å². The lowest BCUT2D eigenvalue weighted by molar-refractivity contribution is 0.217. The van der Waals surface area contributed by atoms with Gasteiger partial charge in [0.25, 0.3) is 0 Å². The summed E-state index contributed by atoms with van der Waals surface area (Å²) in [5.74, 6) is 0.732. The average Bonchev–Trinajstić information content (AvgIpc) is 2.19. The van der Waals surface area contributed by atoms with Gasteiger partial charge < -0.3 is 4.74 Å². The van der Waals surface area contributed by atoms with Crippen LogP contribution in [-0.2, 0) is 4.79 Å². The molecule has 1 atom stereocenters. The quantitative estimate of drug-likeness (QED) is 0.542. The fourth-order valence-corrected chi connectivity index (χ4v) is 0.995. The number of aliphatic imine (C=N–C) groups is 1. The summed E-state index contributed by atoms with van der Waals surface area (Å²) in [6.45, 7) is 4.05. The van der Waals surface area contributed by atoms with Crippen LogP contribution in [0.25, 0.3) is 0 Å². The molecule has 1 rings (SSSR count). The van der Waals surface area contributed by atoms with Crippen molar-refractivity contribution in [2.24, 2.45) is 4.99 Å². The summed E-state index contributed by atoms with van der Waals surface area (Å²) in [4.78, 5) is 13.5. The molecule has 74 valence electrons. The van der Waals surface area contributed by atoms with Crippen molar-refractivity contribution in [3.05, 3.63) is 24.3 Å². The van der Waals surface area contributed by atoms with Crippen LogP contribution in [0.2, 0.25) is 0 Å². The maximum atomic E-state index is 10.0. The van der Waals surface area contributed by atoms with Crippen molar-refractivity contribution in [2.45, 2.75) is 26.4 Å². The number of ether oxygens (including phenoxy) is 1. The maximum absolute atomic E-state index is 10.0. The highest BCUT2D eigenvalue weighted by Gasteiger charge is 2.00. The van der Waals surface area contributed by atoms with Crippen LogP contribution in [0.3, 0.4) is 0 Å². The number of isocyanates is 1. The third-order valence-electron chi connectivity index (χ3n) is 1.90. The van der Waals surface area contributed by atoms with E-state index in [1.165, 1.54) is 6.08 Å². The minimum Gasteiger partial charge on any atom is -0.491 e. The second-order valence-electron chi connectivity index (χ2n) is 3.04. The van der Waals surface area contributed by atoms with Gasteiger partial charge in [-0.1, -0.05) is 13.0 Å². The van der Waals surface area contributed by atoms with Crippen molar-refractivity contribution in [1.82, 2.24) is 0 Å². The third-order valence-corrected chi connectivity index (χ3v) is 1.90. The van der Waals surface area contributed by atoms with Crippen molar-refractivity contribution >= 4 is 11.8 Å². The lowest BCUT2D eigenvalue weighted by atomic mass is 10.3. The molecule has 3 heteroatoms. The summed E-state index contributed by atoms with van der Waals surface area (Å²) in [5, 5.41) is 0. The fraction of sp³-hybridized carbons (Fsp3) is 0.364. The monoisotopic (exact) mass is 191 g/mol. The zero-order chi connectivity index (χ0) is 10.4. The Hall–Kier alpha value is -1.60. The van der Waals surface area contributed by atoms with E-state index in [9.17, 15) is 4.79 Å². The van der Waals surface area contributed by atoms with Crippen LogP contribution in [0.15, 0.2) is 29.3 Å². The Bertz CT molecular complexity index is 343. The maximum Gasteiger partial charge on any atom is 0.240 e. The SMILES string of the molecule is CCC(C)Oc1cccc(N=C=O)c1. The van der Waals surface area contributed by atoms with Gasteiger partial charge in [-0.2, -0.15) is 4.99 Å². The molecule has 14 heavy (non-hydrogen) atoms. The Balaban J connectivity index is 2.77. The molecule has 1 aromatic rings. The molecule has 0 radical (unpaired) electrons. The highest BCUT2D eigenvalue weighted by atomic mass is 16.5. The predicted octanol–water partition coefficient (Wildman–Crippen LogP) is 2.83. The van der Waals surface area contributed by atoms with E-state index in [2.05, 4.69) is 11.9 Å². The highest BCUT2D eigenvalue weighted by Crippen LogP contribution is 2.20. The number of benzene rings is 1. The molecule has 3 nitrogen and oxygen atoms in total. The molecule has 0 aliphatic rings. The van der Waals surface area contributed by atoms with Gasteiger partial charge >= 0.3 is 0 Å². The lowest BCUT2D eigenvalue weighted by Crippen LogP contribution is -2.09. The highest BCUT2D eigenvalue weighted by molar-refractivity contribution is 5.51. The third kappa shape index (κ3) is 3.04. The Morgan fingerprint density at radius 2 is 2.36 bits per heavy atom. The van der Waals surface area contributed by atoms with Crippen molar-refractivity contribution < 1.29 is 9.53 Å². The summed E-state index contributed by atoms with van der Waals surface area (Å²) < 4.78 is 5.56. The molecule has 0 bridgehead atoms. The minimum absolute atomic E-state index is 0.172. The van der Waals surface area contributed by atoms with Gasteiger partial charge in [-0.15, -0.1) is 0 Å². The lowest BCUT2D eigenvalue weighted by Gasteiger charge is -2.12. The standard InChI is InChI=1S/C11H13NO2/c1-3-9(2)14-11-6-4-5-10(7-11)12-8-13/h4-7,9H,3H2,1-2H3. The Kier molecular flexibility index (Phi) is 3.89. The van der Waals surface area contributed by atoms with Gasteiger partial charge in [-0.25, -0.2) is 4.79 Å². The molecule has 0 spiro atoms. The summed E-state index contributed by atoms with van der Waals surface area (Å²) >= 11 is 0. The van der Waals surface area contributed by atoms with E-state index in [1.54, 1.807) is 18.2 Å². The zero-order valence-electron chi connectivity index (χ0n) is 8.36. The van der Waals surface area contributed by atoms with Crippen molar-refractivity contribution in [2.75, 3.05) is 0 Å². The van der Waals surface area contributed by atoms with Gasteiger partial charge in [0.15, 0.2) is 0 Å². The first-order valence-corrected chi connectivity index (χ1v) is 4.61. The van der Waals surface area contributed by atoms with Gasteiger partial charge in [0.2, 0.25) is 6.08 Å². The second kappa shape index (κ2) is 5.20. The van der Waals surface area contributed by atoms with E-state index in [1.807, 2.05) is 13.0 Å². The molecular formula is C11H13NO2. The molecule has 0 aliphatic heterocycles. The number of nitrogens with zero attached hydrogens (tertiary/aromatic N) is 1. The van der Waals surface area contributed by atoms with Gasteiger partial charge in [-0.3, -0.25) is 0 Å². The number of hydrogen-bond acceptors (Lipinski definition) is 3. The summed E-state index contributed by atoms with van der Waals surface area (Å²) in [5.41, 5.74) is 0.570. The minimum atomic E-state index is 0.172. The summed E-state index contributed by atoms with van der Waals surface area (Å²) in [6.07, 6.45) is 2.62. The van der Waals surface area contributed by atoms with Gasteiger partial charge in [0, 0.05) is 6.07 Å². The first kappa shape index (κ1) is 10.5. The molecule has 0 saturated heterocycles. The molecule has 0 amide bonds. The summed E-state index contributed by atoms with van der Waals surface area (Å²) in [6, 6.07) is 7.09. The van der Waals surface area contributed by atoms with Gasteiger partial charge in [0.1, 0.15) is 5.75 Å². The van der Waals surface area contributed by atoms with Crippen molar-refractivity contribution in [1.29, 1.82) is 0 Å². The molecule has 0 saturated carbocycles. The van der Waals surface area contributed by atoms with Crippen LogP contribution in [-0.4, -0.2) is 12.2 Å². The first-order valence-electron chi connectivity index (χ1n) is 4.61. The van der Waals surface area contributed by atoms with Crippen molar-refractivity contribution in [3.63, 3.8) is 0 Å². The van der Waals surface area contributed by atoms with E-state index >= 15 is 0 Å². The van der Waals surface area contributed by atoms with Crippen LogP contribution in [0.4, 0.5) is 5.69 Å². The second-order valence-corrected chi connectivity index (χ2v) is 3.04. The van der Waals surface area contributed by atoms with Crippen LogP contribution >= 0.6 is 0 Å². The average molecular weight is 191 g/mol. The molecule has 0 heterocycles. The fourth-order valence-electron chi connectivity index (χ4n) is 0.995. The smallest absolute Gasteiger partial charge is 0.240 e. The Labute approximate surface area is 83.4 Å². The Morgan fingerprint density at radius 1 is 1.57 bits per heavy atom. The van der Waals surface area contributed by atoms with Crippen LogP contribution in [0, 0.1) is 0 Å². The number of carbonyl (C=O) groups excluding carboxylic acids is 1. The van der Waals surface area contributed by atoms with Crippen molar-refractivity contribution in [3.8, 4) is 5.75 Å². The first-order chi connectivity index (χ1) is 6.76. The van der Waals surface area contributed by atoms with E-state index in [4.69, 9.17) is 4.74 Å². The van der Waals surface area contributed by atoms with Crippen LogP contribution in [0.5, 0.6) is 5.75 Å². The normalized spacial score (nSPS) is 11.6. The molecule has 0 fully saturated rings. The van der Waals surface area contributed by atoms with E-state index in [0.29, 0.717) is 5.69 Å². The molecule has 0 aromatic heterocycles. The number of hydrogen-bond donors (Lipinski definition) is 0. The van der Waals surface area contributed by atoms with Crippen LogP contribution < -0.4 is 4.74 Å². The molecule has 0 aliphatic carbocycles. The van der Waals surface area contributed by atoms with E-state index in [0.717, 1.165) is 12.2 Å². The molecular weight excluding hydrogens is 178 g/mol. The number of rotatable bonds is 4. The van der Waals surface area contributed by atoms with Gasteiger partial charge in [0.05, 0.1) is 11.8 Å². The predicted molar refractivity (Wildman–Crippen MR) is 54.6 cm³/mol. The van der Waals surface area contributed by atoms with Crippen LogP contribution in [0.1, 0.15) is 20.3 Å². The largest absolute Gasteiger partial charge is 0.491 e. The zero-order valence-corrected chi connectivity index (χ0v) is 8.36. The molecule has 1 unspecified atom stereocenters. The van der Waals surface area contributed by atoms with E-state index in [-0.39, 0.29) is 6.10 Å². The van der Waals surface area contributed by atoms with Gasteiger partial charge in [-0.05, 0) is 25.5 Å². The molecule has 1 aromatic carbocycles. The van der Waals surface area contributed by atoms with E-state index < -0.39 is 0 Å². The molecule has 0 N–H and O–H groups in total. The Morgan fingerprint density at radius 3 is 3.00 bits per heavy atom. The summed E-state index contributed by atoms with van der Waals surface area (Å²) in [7, 11) is 0.